The molecule has 29 heavy (non-hydrogen) atoms. The second-order valence-corrected chi connectivity index (χ2v) is 8.16. The Hall–Kier alpha value is -2.74. The third-order valence-corrected chi connectivity index (χ3v) is 5.99. The molecule has 1 aliphatic rings. The summed E-state index contributed by atoms with van der Waals surface area (Å²) in [5.41, 5.74) is 8.76. The minimum Gasteiger partial charge on any atom is -0.310 e. The molecule has 0 atom stereocenters. The van der Waals surface area contributed by atoms with Gasteiger partial charge in [0, 0.05) is 27.1 Å². The fraction of sp³-hybridized carbons (Fsp3) is 0.0769. The quantitative estimate of drug-likeness (QED) is 0.325. The molecule has 0 aliphatic heterocycles. The molecular weight excluding hydrogens is 397 g/mol. The SMILES string of the molecule is Clc1ccc(N(c2ccc(Cl)cc2)c2ccc3c(c2)CCc2ccccc2-3)cc1. The van der Waals surface area contributed by atoms with Gasteiger partial charge in [0.05, 0.1) is 0 Å². The standard InChI is InChI=1S/C26H19Cl2N/c27-20-7-11-22(12-8-20)29(23-13-9-21(28)10-14-23)24-15-16-26-19(17-24)6-5-18-3-1-2-4-25(18)26/h1-4,7-17H,5-6H2. The lowest BCUT2D eigenvalue weighted by atomic mass is 9.85. The fourth-order valence-electron chi connectivity index (χ4n) is 4.09. The van der Waals surface area contributed by atoms with Crippen LogP contribution in [0.5, 0.6) is 0 Å². The summed E-state index contributed by atoms with van der Waals surface area (Å²) >= 11 is 12.3. The van der Waals surface area contributed by atoms with E-state index in [1.54, 1.807) is 0 Å². The van der Waals surface area contributed by atoms with Gasteiger partial charge < -0.3 is 4.90 Å². The molecule has 0 saturated heterocycles. The highest BCUT2D eigenvalue weighted by Gasteiger charge is 2.19. The van der Waals surface area contributed by atoms with E-state index in [0.29, 0.717) is 0 Å². The van der Waals surface area contributed by atoms with Crippen LogP contribution in [0, 0.1) is 0 Å². The van der Waals surface area contributed by atoms with Crippen molar-refractivity contribution in [2.75, 3.05) is 4.90 Å². The van der Waals surface area contributed by atoms with E-state index >= 15 is 0 Å². The van der Waals surface area contributed by atoms with Gasteiger partial charge in [-0.15, -0.1) is 0 Å². The molecule has 142 valence electrons. The summed E-state index contributed by atoms with van der Waals surface area (Å²) in [7, 11) is 0. The average Bonchev–Trinajstić information content (AvgIpc) is 2.76. The Kier molecular flexibility index (Phi) is 4.79. The van der Waals surface area contributed by atoms with E-state index in [1.807, 2.05) is 48.5 Å². The van der Waals surface area contributed by atoms with E-state index in [0.717, 1.165) is 39.9 Å². The summed E-state index contributed by atoms with van der Waals surface area (Å²) in [5.74, 6) is 0. The molecule has 0 radical (unpaired) electrons. The lowest BCUT2D eigenvalue weighted by Crippen LogP contribution is -2.11. The largest absolute Gasteiger partial charge is 0.310 e. The minimum absolute atomic E-state index is 0.729. The maximum absolute atomic E-state index is 6.14. The molecule has 0 heterocycles. The van der Waals surface area contributed by atoms with Gasteiger partial charge in [-0.2, -0.15) is 0 Å². The molecule has 0 amide bonds. The van der Waals surface area contributed by atoms with Crippen molar-refractivity contribution in [3.8, 4) is 11.1 Å². The number of halogens is 2. The van der Waals surface area contributed by atoms with Crippen LogP contribution in [0.15, 0.2) is 91.0 Å². The van der Waals surface area contributed by atoms with E-state index < -0.39 is 0 Å². The molecule has 4 aromatic carbocycles. The van der Waals surface area contributed by atoms with Crippen molar-refractivity contribution in [3.05, 3.63) is 112 Å². The first-order valence-electron chi connectivity index (χ1n) is 9.71. The molecule has 0 bridgehead atoms. The fourth-order valence-corrected chi connectivity index (χ4v) is 4.34. The first kappa shape index (κ1) is 18.3. The van der Waals surface area contributed by atoms with Gasteiger partial charge in [0.1, 0.15) is 0 Å². The van der Waals surface area contributed by atoms with Gasteiger partial charge in [0.2, 0.25) is 0 Å². The van der Waals surface area contributed by atoms with Crippen molar-refractivity contribution in [2.24, 2.45) is 0 Å². The molecule has 1 aliphatic carbocycles. The van der Waals surface area contributed by atoms with Crippen LogP contribution in [-0.4, -0.2) is 0 Å². The van der Waals surface area contributed by atoms with Crippen molar-refractivity contribution in [1.29, 1.82) is 0 Å². The first-order valence-corrected chi connectivity index (χ1v) is 10.5. The van der Waals surface area contributed by atoms with Gasteiger partial charge in [-0.25, -0.2) is 0 Å². The highest BCUT2D eigenvalue weighted by molar-refractivity contribution is 6.31. The van der Waals surface area contributed by atoms with Crippen molar-refractivity contribution in [1.82, 2.24) is 0 Å². The number of aryl methyl sites for hydroxylation is 2. The molecule has 5 rings (SSSR count). The topological polar surface area (TPSA) is 3.24 Å². The number of fused-ring (bicyclic) bond motifs is 3. The van der Waals surface area contributed by atoms with Crippen LogP contribution in [0.3, 0.4) is 0 Å². The Morgan fingerprint density at radius 2 is 1.03 bits per heavy atom. The number of nitrogens with zero attached hydrogens (tertiary/aromatic N) is 1. The number of hydrogen-bond donors (Lipinski definition) is 0. The summed E-state index contributed by atoms with van der Waals surface area (Å²) in [6, 6.07) is 31.4. The highest BCUT2D eigenvalue weighted by Crippen LogP contribution is 2.40. The van der Waals surface area contributed by atoms with Crippen LogP contribution in [0.2, 0.25) is 10.0 Å². The zero-order valence-corrected chi connectivity index (χ0v) is 17.3. The summed E-state index contributed by atoms with van der Waals surface area (Å²) in [5, 5.41) is 1.46. The Morgan fingerprint density at radius 3 is 1.69 bits per heavy atom. The van der Waals surface area contributed by atoms with Crippen LogP contribution < -0.4 is 4.90 Å². The van der Waals surface area contributed by atoms with Gasteiger partial charge >= 0.3 is 0 Å². The van der Waals surface area contributed by atoms with Crippen molar-refractivity contribution < 1.29 is 0 Å². The number of hydrogen-bond acceptors (Lipinski definition) is 1. The van der Waals surface area contributed by atoms with Crippen LogP contribution in [0.1, 0.15) is 11.1 Å². The van der Waals surface area contributed by atoms with E-state index in [1.165, 1.54) is 22.3 Å². The van der Waals surface area contributed by atoms with E-state index in [2.05, 4.69) is 47.4 Å². The van der Waals surface area contributed by atoms with Crippen LogP contribution in [0.4, 0.5) is 17.1 Å². The second-order valence-electron chi connectivity index (χ2n) is 7.29. The number of anilines is 3. The molecule has 0 saturated carbocycles. The van der Waals surface area contributed by atoms with Gasteiger partial charge in [-0.05, 0) is 95.8 Å². The lowest BCUT2D eigenvalue weighted by molar-refractivity contribution is 0.941. The number of benzene rings is 4. The second kappa shape index (κ2) is 7.59. The third kappa shape index (κ3) is 3.53. The molecule has 0 fully saturated rings. The Labute approximate surface area is 181 Å². The molecule has 4 aromatic rings. The van der Waals surface area contributed by atoms with Gasteiger partial charge in [-0.3, -0.25) is 0 Å². The molecule has 0 aromatic heterocycles. The van der Waals surface area contributed by atoms with Crippen molar-refractivity contribution >= 4 is 40.3 Å². The summed E-state index contributed by atoms with van der Waals surface area (Å²) in [6.45, 7) is 0. The normalized spacial score (nSPS) is 12.2. The Balaban J connectivity index is 1.63. The monoisotopic (exact) mass is 415 g/mol. The predicted molar refractivity (Wildman–Crippen MR) is 124 cm³/mol. The molecule has 3 heteroatoms. The zero-order chi connectivity index (χ0) is 19.8. The Bertz CT molecular complexity index is 1120. The van der Waals surface area contributed by atoms with Crippen molar-refractivity contribution in [3.63, 3.8) is 0 Å². The molecule has 1 nitrogen and oxygen atoms in total. The van der Waals surface area contributed by atoms with Gasteiger partial charge in [0.25, 0.3) is 0 Å². The molecule has 0 N–H and O–H groups in total. The van der Waals surface area contributed by atoms with Crippen LogP contribution in [0.25, 0.3) is 11.1 Å². The smallest absolute Gasteiger partial charge is 0.0464 e. The average molecular weight is 416 g/mol. The predicted octanol–water partition coefficient (Wildman–Crippen LogP) is 8.23. The minimum atomic E-state index is 0.729. The maximum atomic E-state index is 6.14. The first-order chi connectivity index (χ1) is 14.2. The molecular formula is C26H19Cl2N. The molecule has 0 spiro atoms. The zero-order valence-electron chi connectivity index (χ0n) is 15.8. The van der Waals surface area contributed by atoms with E-state index in [9.17, 15) is 0 Å². The summed E-state index contributed by atoms with van der Waals surface area (Å²) < 4.78 is 0. The lowest BCUT2D eigenvalue weighted by Gasteiger charge is -2.28. The van der Waals surface area contributed by atoms with Gasteiger partial charge in [0.15, 0.2) is 0 Å². The van der Waals surface area contributed by atoms with Crippen LogP contribution >= 0.6 is 23.2 Å². The molecule has 0 unspecified atom stereocenters. The van der Waals surface area contributed by atoms with E-state index in [-0.39, 0.29) is 0 Å². The van der Waals surface area contributed by atoms with Gasteiger partial charge in [-0.1, -0.05) is 53.5 Å². The third-order valence-electron chi connectivity index (χ3n) is 5.49. The van der Waals surface area contributed by atoms with E-state index in [4.69, 9.17) is 23.2 Å². The Morgan fingerprint density at radius 1 is 0.517 bits per heavy atom. The van der Waals surface area contributed by atoms with Crippen molar-refractivity contribution in [2.45, 2.75) is 12.8 Å². The summed E-state index contributed by atoms with van der Waals surface area (Å²) in [6.07, 6.45) is 2.13. The van der Waals surface area contributed by atoms with Crippen LogP contribution in [-0.2, 0) is 12.8 Å². The maximum Gasteiger partial charge on any atom is 0.0464 e. The number of rotatable bonds is 3. The highest BCUT2D eigenvalue weighted by atomic mass is 35.5. The summed E-state index contributed by atoms with van der Waals surface area (Å²) in [4.78, 5) is 2.24.